The molecule has 2 heterocycles. The molecule has 0 saturated heterocycles. The molecule has 0 aliphatic rings. The standard InChI is InChI=1S/C16H12F3N5O/c1-2-9-7-13(24-23-9)21-12-3-4-20-16(22-12)15(25)8-5-10(17)14(19)11(18)6-8/h3-7H,2H2,1H3,(H2,20,21,22,23,24). The third-order valence-electron chi connectivity index (χ3n) is 3.37. The molecule has 9 heteroatoms. The van der Waals surface area contributed by atoms with Crippen molar-refractivity contribution < 1.29 is 18.0 Å². The quantitative estimate of drug-likeness (QED) is 0.547. The minimum atomic E-state index is -1.64. The van der Waals surface area contributed by atoms with Crippen LogP contribution in [0, 0.1) is 17.5 Å². The Morgan fingerprint density at radius 2 is 1.88 bits per heavy atom. The summed E-state index contributed by atoms with van der Waals surface area (Å²) in [6.07, 6.45) is 2.08. The predicted octanol–water partition coefficient (Wildman–Crippen LogP) is 3.15. The molecule has 0 atom stereocenters. The Balaban J connectivity index is 1.86. The van der Waals surface area contributed by atoms with Gasteiger partial charge in [0.1, 0.15) is 5.82 Å². The minimum absolute atomic E-state index is 0.274. The molecule has 128 valence electrons. The van der Waals surface area contributed by atoms with E-state index in [9.17, 15) is 18.0 Å². The van der Waals surface area contributed by atoms with Gasteiger partial charge in [-0.05, 0) is 24.6 Å². The van der Waals surface area contributed by atoms with Gasteiger partial charge in [0.2, 0.25) is 11.6 Å². The van der Waals surface area contributed by atoms with E-state index in [0.717, 1.165) is 12.1 Å². The summed E-state index contributed by atoms with van der Waals surface area (Å²) in [5, 5.41) is 9.72. The van der Waals surface area contributed by atoms with Crippen molar-refractivity contribution in [3.05, 3.63) is 65.0 Å². The Morgan fingerprint density at radius 1 is 1.16 bits per heavy atom. The fourth-order valence-electron chi connectivity index (χ4n) is 2.09. The Kier molecular flexibility index (Phi) is 4.46. The number of aromatic nitrogens is 4. The number of hydrogen-bond donors (Lipinski definition) is 2. The molecule has 1 aromatic carbocycles. The van der Waals surface area contributed by atoms with E-state index in [1.807, 2.05) is 6.92 Å². The maximum Gasteiger partial charge on any atom is 0.230 e. The largest absolute Gasteiger partial charge is 0.323 e. The van der Waals surface area contributed by atoms with Crippen LogP contribution in [0.25, 0.3) is 0 Å². The molecule has 6 nitrogen and oxygen atoms in total. The molecule has 0 saturated carbocycles. The number of halogens is 3. The van der Waals surface area contributed by atoms with Crippen LogP contribution >= 0.6 is 0 Å². The van der Waals surface area contributed by atoms with Crippen LogP contribution in [-0.2, 0) is 6.42 Å². The van der Waals surface area contributed by atoms with Crippen molar-refractivity contribution in [2.75, 3.05) is 5.32 Å². The van der Waals surface area contributed by atoms with Crippen LogP contribution in [-0.4, -0.2) is 25.9 Å². The SMILES string of the molecule is CCc1cc(Nc2ccnc(C(=O)c3cc(F)c(F)c(F)c3)n2)n[nH]1. The Morgan fingerprint density at radius 3 is 2.52 bits per heavy atom. The fourth-order valence-corrected chi connectivity index (χ4v) is 2.09. The molecule has 2 N–H and O–H groups in total. The lowest BCUT2D eigenvalue weighted by Crippen LogP contribution is -2.10. The molecule has 0 aliphatic heterocycles. The van der Waals surface area contributed by atoms with E-state index in [1.54, 1.807) is 6.07 Å². The van der Waals surface area contributed by atoms with Crippen LogP contribution in [0.4, 0.5) is 24.8 Å². The van der Waals surface area contributed by atoms with Crippen LogP contribution in [0.5, 0.6) is 0 Å². The first-order chi connectivity index (χ1) is 12.0. The fraction of sp³-hybridized carbons (Fsp3) is 0.125. The van der Waals surface area contributed by atoms with Crippen LogP contribution < -0.4 is 5.32 Å². The minimum Gasteiger partial charge on any atom is -0.323 e. The molecule has 0 radical (unpaired) electrons. The molecule has 0 spiro atoms. The van der Waals surface area contributed by atoms with Gasteiger partial charge in [0, 0.05) is 23.5 Å². The number of benzene rings is 1. The molecule has 2 aromatic heterocycles. The van der Waals surface area contributed by atoms with Crippen LogP contribution in [0.3, 0.4) is 0 Å². The number of carbonyl (C=O) groups is 1. The number of nitrogens with one attached hydrogen (secondary N) is 2. The molecule has 0 amide bonds. The molecule has 0 unspecified atom stereocenters. The van der Waals surface area contributed by atoms with Gasteiger partial charge in [-0.1, -0.05) is 6.92 Å². The van der Waals surface area contributed by atoms with Gasteiger partial charge < -0.3 is 5.32 Å². The zero-order chi connectivity index (χ0) is 18.0. The lowest BCUT2D eigenvalue weighted by molar-refractivity contribution is 0.102. The van der Waals surface area contributed by atoms with Crippen molar-refractivity contribution in [2.24, 2.45) is 0 Å². The predicted molar refractivity (Wildman–Crippen MR) is 83.0 cm³/mol. The number of rotatable bonds is 5. The Hall–Kier alpha value is -3.23. The highest BCUT2D eigenvalue weighted by Gasteiger charge is 2.18. The second kappa shape index (κ2) is 6.71. The zero-order valence-corrected chi connectivity index (χ0v) is 13.0. The topological polar surface area (TPSA) is 83.6 Å². The molecule has 0 aliphatic carbocycles. The van der Waals surface area contributed by atoms with E-state index in [2.05, 4.69) is 25.5 Å². The molecule has 3 aromatic rings. The van der Waals surface area contributed by atoms with E-state index in [1.165, 1.54) is 12.3 Å². The molecule has 25 heavy (non-hydrogen) atoms. The average molecular weight is 347 g/mol. The third-order valence-corrected chi connectivity index (χ3v) is 3.37. The van der Waals surface area contributed by atoms with Gasteiger partial charge in [0.05, 0.1) is 0 Å². The molecule has 0 fully saturated rings. The smallest absolute Gasteiger partial charge is 0.230 e. The van der Waals surface area contributed by atoms with Crippen LogP contribution in [0.15, 0.2) is 30.5 Å². The van der Waals surface area contributed by atoms with Crippen LogP contribution in [0.1, 0.15) is 28.8 Å². The Labute approximate surface area is 140 Å². The van der Waals surface area contributed by atoms with Gasteiger partial charge in [-0.25, -0.2) is 23.1 Å². The zero-order valence-electron chi connectivity index (χ0n) is 13.0. The van der Waals surface area contributed by atoms with Crippen molar-refractivity contribution in [1.82, 2.24) is 20.2 Å². The second-order valence-electron chi connectivity index (χ2n) is 5.11. The summed E-state index contributed by atoms with van der Waals surface area (Å²) in [4.78, 5) is 20.1. The van der Waals surface area contributed by atoms with E-state index in [0.29, 0.717) is 18.0 Å². The molecule has 3 rings (SSSR count). The maximum atomic E-state index is 13.3. The second-order valence-corrected chi connectivity index (χ2v) is 5.11. The number of H-pyrrole nitrogens is 1. The number of ketones is 1. The van der Waals surface area contributed by atoms with E-state index in [4.69, 9.17) is 0 Å². The third kappa shape index (κ3) is 3.49. The lowest BCUT2D eigenvalue weighted by Gasteiger charge is -2.05. The number of aryl methyl sites for hydroxylation is 1. The van der Waals surface area contributed by atoms with Gasteiger partial charge >= 0.3 is 0 Å². The van der Waals surface area contributed by atoms with E-state index in [-0.39, 0.29) is 17.2 Å². The summed E-state index contributed by atoms with van der Waals surface area (Å²) in [5.74, 6) is -4.91. The maximum absolute atomic E-state index is 13.3. The van der Waals surface area contributed by atoms with Crippen molar-refractivity contribution in [2.45, 2.75) is 13.3 Å². The molecular formula is C16H12F3N5O. The molecular weight excluding hydrogens is 335 g/mol. The molecule has 0 bridgehead atoms. The average Bonchev–Trinajstić information content (AvgIpc) is 3.06. The van der Waals surface area contributed by atoms with Crippen LogP contribution in [0.2, 0.25) is 0 Å². The summed E-state index contributed by atoms with van der Waals surface area (Å²) in [6.45, 7) is 1.96. The van der Waals surface area contributed by atoms with Gasteiger partial charge in [-0.15, -0.1) is 0 Å². The first kappa shape index (κ1) is 16.6. The lowest BCUT2D eigenvalue weighted by atomic mass is 10.1. The van der Waals surface area contributed by atoms with Gasteiger partial charge in [-0.2, -0.15) is 5.10 Å². The number of nitrogens with zero attached hydrogens (tertiary/aromatic N) is 3. The summed E-state index contributed by atoms with van der Waals surface area (Å²) in [6, 6.07) is 4.48. The summed E-state index contributed by atoms with van der Waals surface area (Å²) < 4.78 is 39.6. The number of anilines is 2. The summed E-state index contributed by atoms with van der Waals surface area (Å²) >= 11 is 0. The van der Waals surface area contributed by atoms with Gasteiger partial charge in [0.15, 0.2) is 23.3 Å². The van der Waals surface area contributed by atoms with E-state index < -0.39 is 23.2 Å². The number of aromatic amines is 1. The van der Waals surface area contributed by atoms with Crippen molar-refractivity contribution in [3.63, 3.8) is 0 Å². The van der Waals surface area contributed by atoms with Gasteiger partial charge in [-0.3, -0.25) is 9.89 Å². The summed E-state index contributed by atoms with van der Waals surface area (Å²) in [7, 11) is 0. The number of hydrogen-bond acceptors (Lipinski definition) is 5. The van der Waals surface area contributed by atoms with Gasteiger partial charge in [0.25, 0.3) is 0 Å². The first-order valence-electron chi connectivity index (χ1n) is 7.31. The highest BCUT2D eigenvalue weighted by atomic mass is 19.2. The highest BCUT2D eigenvalue weighted by Crippen LogP contribution is 2.17. The van der Waals surface area contributed by atoms with Crippen molar-refractivity contribution in [3.8, 4) is 0 Å². The van der Waals surface area contributed by atoms with Crippen molar-refractivity contribution in [1.29, 1.82) is 0 Å². The van der Waals surface area contributed by atoms with E-state index >= 15 is 0 Å². The Bertz CT molecular complexity index is 918. The van der Waals surface area contributed by atoms with Crippen molar-refractivity contribution >= 4 is 17.4 Å². The normalized spacial score (nSPS) is 10.7. The number of carbonyl (C=O) groups excluding carboxylic acids is 1. The highest BCUT2D eigenvalue weighted by molar-refractivity contribution is 6.06. The summed E-state index contributed by atoms with van der Waals surface area (Å²) in [5.41, 5.74) is 0.520. The first-order valence-corrected chi connectivity index (χ1v) is 7.31. The monoisotopic (exact) mass is 347 g/mol.